The highest BCUT2D eigenvalue weighted by atomic mass is 35.5. The van der Waals surface area contributed by atoms with Crippen molar-refractivity contribution in [3.63, 3.8) is 0 Å². The van der Waals surface area contributed by atoms with Crippen molar-refractivity contribution in [1.82, 2.24) is 15.2 Å². The molecule has 3 nitrogen and oxygen atoms in total. The van der Waals surface area contributed by atoms with Gasteiger partial charge < -0.3 is 5.32 Å². The molecule has 1 fully saturated rings. The molecule has 2 heterocycles. The number of nitrogens with zero attached hydrogens (tertiary/aromatic N) is 2. The Morgan fingerprint density at radius 1 is 1.44 bits per heavy atom. The predicted octanol–water partition coefficient (Wildman–Crippen LogP) is 1.92. The molecular formula is C12H18ClN3. The lowest BCUT2D eigenvalue weighted by molar-refractivity contribution is 0.165. The minimum absolute atomic E-state index is 0.544. The molecule has 16 heavy (non-hydrogen) atoms. The van der Waals surface area contributed by atoms with Crippen LogP contribution in [-0.2, 0) is 6.54 Å². The molecule has 0 amide bonds. The van der Waals surface area contributed by atoms with Crippen LogP contribution in [0.4, 0.5) is 0 Å². The first-order valence-corrected chi connectivity index (χ1v) is 6.10. The third kappa shape index (κ3) is 3.17. The van der Waals surface area contributed by atoms with Gasteiger partial charge in [0.05, 0.1) is 5.69 Å². The first kappa shape index (κ1) is 11.8. The summed E-state index contributed by atoms with van der Waals surface area (Å²) < 4.78 is 0. The fourth-order valence-corrected chi connectivity index (χ4v) is 2.52. The van der Waals surface area contributed by atoms with Crippen molar-refractivity contribution in [2.24, 2.45) is 0 Å². The Morgan fingerprint density at radius 3 is 2.75 bits per heavy atom. The van der Waals surface area contributed by atoms with Crippen molar-refractivity contribution < 1.29 is 0 Å². The Kier molecular flexibility index (Phi) is 3.79. The van der Waals surface area contributed by atoms with Gasteiger partial charge >= 0.3 is 0 Å². The van der Waals surface area contributed by atoms with Crippen molar-refractivity contribution >= 4 is 11.6 Å². The van der Waals surface area contributed by atoms with E-state index < -0.39 is 0 Å². The first-order chi connectivity index (χ1) is 7.63. The van der Waals surface area contributed by atoms with Crippen LogP contribution in [-0.4, -0.2) is 35.1 Å². The van der Waals surface area contributed by atoms with Crippen LogP contribution in [0.5, 0.6) is 0 Å². The summed E-state index contributed by atoms with van der Waals surface area (Å²) >= 11 is 5.95. The van der Waals surface area contributed by atoms with Crippen LogP contribution >= 0.6 is 11.6 Å². The second kappa shape index (κ2) is 5.13. The molecule has 0 radical (unpaired) electrons. The van der Waals surface area contributed by atoms with Gasteiger partial charge in [-0.25, -0.2) is 0 Å². The zero-order valence-corrected chi connectivity index (χ0v) is 10.5. The van der Waals surface area contributed by atoms with E-state index in [0.717, 1.165) is 30.4 Å². The molecule has 0 aromatic carbocycles. The summed E-state index contributed by atoms with van der Waals surface area (Å²) in [4.78, 5) is 6.76. The molecule has 0 bridgehead atoms. The summed E-state index contributed by atoms with van der Waals surface area (Å²) in [5.74, 6) is 0. The van der Waals surface area contributed by atoms with Gasteiger partial charge in [0.25, 0.3) is 0 Å². The number of halogens is 1. The zero-order valence-electron chi connectivity index (χ0n) is 9.78. The summed E-state index contributed by atoms with van der Waals surface area (Å²) in [5, 5.41) is 4.28. The van der Waals surface area contributed by atoms with Gasteiger partial charge in [-0.1, -0.05) is 11.6 Å². The molecule has 2 rings (SSSR count). The fraction of sp³-hybridized carbons (Fsp3) is 0.583. The third-order valence-electron chi connectivity index (χ3n) is 2.80. The molecule has 2 atom stereocenters. The number of piperazine rings is 1. The highest BCUT2D eigenvalue weighted by Crippen LogP contribution is 2.12. The molecule has 0 aliphatic carbocycles. The van der Waals surface area contributed by atoms with Crippen LogP contribution < -0.4 is 5.32 Å². The zero-order chi connectivity index (χ0) is 11.5. The van der Waals surface area contributed by atoms with E-state index in [1.807, 2.05) is 12.1 Å². The lowest BCUT2D eigenvalue weighted by Crippen LogP contribution is -2.53. The number of aromatic nitrogens is 1. The monoisotopic (exact) mass is 239 g/mol. The molecule has 1 saturated heterocycles. The van der Waals surface area contributed by atoms with Crippen molar-refractivity contribution in [1.29, 1.82) is 0 Å². The maximum Gasteiger partial charge on any atom is 0.0558 e. The van der Waals surface area contributed by atoms with E-state index in [4.69, 9.17) is 11.6 Å². The van der Waals surface area contributed by atoms with Crippen LogP contribution in [0.1, 0.15) is 19.5 Å². The van der Waals surface area contributed by atoms with Crippen LogP contribution in [0.15, 0.2) is 18.3 Å². The Balaban J connectivity index is 1.98. The van der Waals surface area contributed by atoms with Gasteiger partial charge in [0.15, 0.2) is 0 Å². The Bertz CT molecular complexity index is 346. The quantitative estimate of drug-likeness (QED) is 0.855. The van der Waals surface area contributed by atoms with Crippen LogP contribution in [0.2, 0.25) is 5.02 Å². The minimum Gasteiger partial charge on any atom is -0.309 e. The summed E-state index contributed by atoms with van der Waals surface area (Å²) in [7, 11) is 0. The highest BCUT2D eigenvalue weighted by molar-refractivity contribution is 6.30. The van der Waals surface area contributed by atoms with Crippen molar-refractivity contribution in [2.45, 2.75) is 32.5 Å². The summed E-state index contributed by atoms with van der Waals surface area (Å²) in [5.41, 5.74) is 1.05. The molecule has 0 saturated carbocycles. The van der Waals surface area contributed by atoms with Gasteiger partial charge in [-0.2, -0.15) is 0 Å². The van der Waals surface area contributed by atoms with Gasteiger partial charge in [0, 0.05) is 42.9 Å². The van der Waals surface area contributed by atoms with E-state index in [9.17, 15) is 0 Å². The molecule has 2 unspecified atom stereocenters. The molecule has 4 heteroatoms. The van der Waals surface area contributed by atoms with E-state index in [0.29, 0.717) is 12.1 Å². The van der Waals surface area contributed by atoms with E-state index in [1.54, 1.807) is 6.20 Å². The highest BCUT2D eigenvalue weighted by Gasteiger charge is 2.20. The maximum atomic E-state index is 5.95. The number of hydrogen-bond donors (Lipinski definition) is 1. The third-order valence-corrected chi connectivity index (χ3v) is 3.03. The molecule has 1 N–H and O–H groups in total. The maximum absolute atomic E-state index is 5.95. The van der Waals surface area contributed by atoms with Crippen LogP contribution in [0.3, 0.4) is 0 Å². The second-order valence-electron chi connectivity index (χ2n) is 4.63. The fourth-order valence-electron chi connectivity index (χ4n) is 2.33. The molecule has 1 aliphatic rings. The van der Waals surface area contributed by atoms with Gasteiger partial charge in [0.2, 0.25) is 0 Å². The van der Waals surface area contributed by atoms with Crippen molar-refractivity contribution in [3.05, 3.63) is 29.0 Å². The summed E-state index contributed by atoms with van der Waals surface area (Å²) in [6.45, 7) is 7.45. The van der Waals surface area contributed by atoms with Crippen LogP contribution in [0, 0.1) is 0 Å². The average Bonchev–Trinajstić information content (AvgIpc) is 2.15. The molecular weight excluding hydrogens is 222 g/mol. The van der Waals surface area contributed by atoms with Gasteiger partial charge in [-0.15, -0.1) is 0 Å². The van der Waals surface area contributed by atoms with E-state index >= 15 is 0 Å². The van der Waals surface area contributed by atoms with E-state index in [2.05, 4.69) is 29.0 Å². The van der Waals surface area contributed by atoms with Gasteiger partial charge in [-0.3, -0.25) is 9.88 Å². The van der Waals surface area contributed by atoms with E-state index in [-0.39, 0.29) is 0 Å². The molecule has 1 aromatic rings. The Labute approximate surface area is 102 Å². The molecule has 0 spiro atoms. The Morgan fingerprint density at radius 2 is 2.12 bits per heavy atom. The van der Waals surface area contributed by atoms with Gasteiger partial charge in [-0.05, 0) is 26.0 Å². The standard InChI is InChI=1S/C12H18ClN3/c1-9-6-16(7-10(2)15-9)8-12-5-11(13)3-4-14-12/h3-5,9-10,15H,6-8H2,1-2H3. The number of rotatable bonds is 2. The van der Waals surface area contributed by atoms with Crippen molar-refractivity contribution in [3.8, 4) is 0 Å². The first-order valence-electron chi connectivity index (χ1n) is 5.72. The molecule has 1 aliphatic heterocycles. The summed E-state index contributed by atoms with van der Waals surface area (Å²) in [6, 6.07) is 4.85. The number of nitrogens with one attached hydrogen (secondary N) is 1. The molecule has 88 valence electrons. The second-order valence-corrected chi connectivity index (χ2v) is 5.06. The predicted molar refractivity (Wildman–Crippen MR) is 66.6 cm³/mol. The van der Waals surface area contributed by atoms with Crippen LogP contribution in [0.25, 0.3) is 0 Å². The topological polar surface area (TPSA) is 28.2 Å². The largest absolute Gasteiger partial charge is 0.309 e. The summed E-state index contributed by atoms with van der Waals surface area (Å²) in [6.07, 6.45) is 1.77. The van der Waals surface area contributed by atoms with E-state index in [1.165, 1.54) is 0 Å². The minimum atomic E-state index is 0.544. The molecule has 1 aromatic heterocycles. The van der Waals surface area contributed by atoms with Gasteiger partial charge in [0.1, 0.15) is 0 Å². The number of pyridine rings is 1. The number of hydrogen-bond acceptors (Lipinski definition) is 3. The lowest BCUT2D eigenvalue weighted by Gasteiger charge is -2.35. The smallest absolute Gasteiger partial charge is 0.0558 e. The lowest BCUT2D eigenvalue weighted by atomic mass is 10.1. The average molecular weight is 240 g/mol. The Hall–Kier alpha value is -0.640. The van der Waals surface area contributed by atoms with Crippen molar-refractivity contribution in [2.75, 3.05) is 13.1 Å². The normalized spacial score (nSPS) is 26.9. The SMILES string of the molecule is CC1CN(Cc2cc(Cl)ccn2)CC(C)N1.